The highest BCUT2D eigenvalue weighted by molar-refractivity contribution is 14.1. The van der Waals surface area contributed by atoms with Crippen LogP contribution in [-0.4, -0.2) is 40.7 Å². The maximum atomic E-state index is 13.1. The van der Waals surface area contributed by atoms with Crippen molar-refractivity contribution in [3.63, 3.8) is 0 Å². The van der Waals surface area contributed by atoms with Crippen molar-refractivity contribution in [3.05, 3.63) is 35.9 Å². The van der Waals surface area contributed by atoms with E-state index in [1.165, 1.54) is 0 Å². The number of halogens is 1. The molecule has 0 saturated carbocycles. The fourth-order valence-corrected chi connectivity index (χ4v) is 4.74. The van der Waals surface area contributed by atoms with Crippen molar-refractivity contribution in [1.82, 2.24) is 4.31 Å². The molecule has 0 spiro atoms. The van der Waals surface area contributed by atoms with Crippen molar-refractivity contribution in [3.8, 4) is 0 Å². The van der Waals surface area contributed by atoms with Crippen LogP contribution in [0.2, 0.25) is 0 Å². The van der Waals surface area contributed by atoms with Gasteiger partial charge in [-0.25, -0.2) is 8.51 Å². The molecule has 1 aromatic rings. The zero-order valence-electron chi connectivity index (χ0n) is 14.8. The van der Waals surface area contributed by atoms with Gasteiger partial charge >= 0.3 is 0 Å². The number of alkyl halides is 1. The average molecular weight is 465 g/mol. The number of nitrogens with zero attached hydrogens (tertiary/aromatic N) is 1. The molecule has 0 amide bonds. The number of ether oxygens (including phenoxy) is 1. The molecule has 0 aromatic heterocycles. The van der Waals surface area contributed by atoms with E-state index in [1.807, 2.05) is 43.3 Å². The molecule has 2 rings (SSSR count). The van der Waals surface area contributed by atoms with Gasteiger partial charge in [0.05, 0.1) is 14.8 Å². The molecule has 1 aliphatic rings. The van der Waals surface area contributed by atoms with Gasteiger partial charge in [0.1, 0.15) is 11.0 Å². The van der Waals surface area contributed by atoms with E-state index in [1.54, 1.807) is 0 Å². The lowest BCUT2D eigenvalue weighted by Gasteiger charge is -2.40. The fourth-order valence-electron chi connectivity index (χ4n) is 2.81. The van der Waals surface area contributed by atoms with Gasteiger partial charge in [0.25, 0.3) is 0 Å². The first kappa shape index (κ1) is 20.3. The SMILES string of the molecule is C[C@H]([C@@H]1CCC(I)C(O)O1)N(Cc1ccccc1)S(=O)C(C)(C)C. The predicted molar refractivity (Wildman–Crippen MR) is 107 cm³/mol. The van der Waals surface area contributed by atoms with E-state index in [9.17, 15) is 9.32 Å². The number of aliphatic hydroxyl groups excluding tert-OH is 1. The van der Waals surface area contributed by atoms with Crippen molar-refractivity contribution in [2.24, 2.45) is 0 Å². The van der Waals surface area contributed by atoms with E-state index >= 15 is 0 Å². The van der Waals surface area contributed by atoms with Crippen LogP contribution < -0.4 is 0 Å². The normalized spacial score (nSPS) is 27.9. The summed E-state index contributed by atoms with van der Waals surface area (Å²) in [4.78, 5) is 0. The van der Waals surface area contributed by atoms with Crippen molar-refractivity contribution in [1.29, 1.82) is 0 Å². The third-order valence-electron chi connectivity index (χ3n) is 4.26. The Morgan fingerprint density at radius 2 is 1.96 bits per heavy atom. The lowest BCUT2D eigenvalue weighted by atomic mass is 10.0. The van der Waals surface area contributed by atoms with Crippen LogP contribution in [-0.2, 0) is 22.3 Å². The molecule has 3 unspecified atom stereocenters. The van der Waals surface area contributed by atoms with Crippen LogP contribution in [0.4, 0.5) is 0 Å². The highest BCUT2D eigenvalue weighted by Gasteiger charge is 2.37. The van der Waals surface area contributed by atoms with E-state index in [0.717, 1.165) is 18.4 Å². The quantitative estimate of drug-likeness (QED) is 0.534. The minimum absolute atomic E-state index is 0.0381. The van der Waals surface area contributed by atoms with E-state index < -0.39 is 17.3 Å². The van der Waals surface area contributed by atoms with Crippen molar-refractivity contribution >= 4 is 33.6 Å². The maximum Gasteiger partial charge on any atom is 0.166 e. The predicted octanol–water partition coefficient (Wildman–Crippen LogP) is 3.64. The monoisotopic (exact) mass is 465 g/mol. The first-order valence-electron chi connectivity index (χ1n) is 8.40. The summed E-state index contributed by atoms with van der Waals surface area (Å²) in [5.41, 5.74) is 1.13. The van der Waals surface area contributed by atoms with Gasteiger partial charge in [-0.1, -0.05) is 52.9 Å². The van der Waals surface area contributed by atoms with E-state index in [4.69, 9.17) is 4.74 Å². The number of hydrogen-bond donors (Lipinski definition) is 1. The molecule has 1 aromatic carbocycles. The molecule has 0 bridgehead atoms. The van der Waals surface area contributed by atoms with Gasteiger partial charge in [0.15, 0.2) is 6.29 Å². The fraction of sp³-hybridized carbons (Fsp3) is 0.667. The Kier molecular flexibility index (Phi) is 7.25. The minimum atomic E-state index is -1.16. The number of benzene rings is 1. The number of aliphatic hydroxyl groups is 1. The molecule has 6 heteroatoms. The van der Waals surface area contributed by atoms with E-state index in [-0.39, 0.29) is 20.8 Å². The Morgan fingerprint density at radius 3 is 2.50 bits per heavy atom. The topological polar surface area (TPSA) is 49.8 Å². The first-order valence-corrected chi connectivity index (χ1v) is 10.8. The van der Waals surface area contributed by atoms with E-state index in [0.29, 0.717) is 6.54 Å². The van der Waals surface area contributed by atoms with Gasteiger partial charge in [0, 0.05) is 12.6 Å². The summed E-state index contributed by atoms with van der Waals surface area (Å²) in [6.45, 7) is 8.63. The van der Waals surface area contributed by atoms with Crippen LogP contribution in [0.15, 0.2) is 30.3 Å². The Bertz CT molecular complexity index is 549. The number of hydrogen-bond acceptors (Lipinski definition) is 3. The van der Waals surface area contributed by atoms with Crippen LogP contribution in [0.3, 0.4) is 0 Å². The van der Waals surface area contributed by atoms with Crippen LogP contribution >= 0.6 is 22.6 Å². The lowest BCUT2D eigenvalue weighted by molar-refractivity contribution is -0.167. The molecule has 136 valence electrons. The van der Waals surface area contributed by atoms with Crippen LogP contribution in [0, 0.1) is 0 Å². The van der Waals surface area contributed by atoms with Crippen LogP contribution in [0.1, 0.15) is 46.1 Å². The summed E-state index contributed by atoms with van der Waals surface area (Å²) >= 11 is 2.23. The summed E-state index contributed by atoms with van der Waals surface area (Å²) in [5.74, 6) is 0. The molecule has 0 radical (unpaired) electrons. The molecule has 0 aliphatic carbocycles. The molecule has 4 nitrogen and oxygen atoms in total. The highest BCUT2D eigenvalue weighted by Crippen LogP contribution is 2.30. The molecule has 1 heterocycles. The molecule has 5 atom stereocenters. The Labute approximate surface area is 161 Å². The summed E-state index contributed by atoms with van der Waals surface area (Å²) < 4.78 is 20.7. The largest absolute Gasteiger partial charge is 0.367 e. The molecule has 24 heavy (non-hydrogen) atoms. The molecule has 1 saturated heterocycles. The highest BCUT2D eigenvalue weighted by atomic mass is 127. The van der Waals surface area contributed by atoms with E-state index in [2.05, 4.69) is 41.6 Å². The standard InChI is InChI=1S/C18H28INO3S/c1-13(16-11-10-15(19)17(21)23-16)20(24(22)18(2,3)4)12-14-8-6-5-7-9-14/h5-9,13,15-17,21H,10-12H2,1-4H3/t13-,15?,16+,17?,24?/m1/s1. The van der Waals surface area contributed by atoms with Crippen molar-refractivity contribution < 1.29 is 14.1 Å². The van der Waals surface area contributed by atoms with Gasteiger partial charge in [-0.3, -0.25) is 0 Å². The van der Waals surface area contributed by atoms with Crippen LogP contribution in [0.25, 0.3) is 0 Å². The van der Waals surface area contributed by atoms with Crippen LogP contribution in [0.5, 0.6) is 0 Å². The van der Waals surface area contributed by atoms with Crippen molar-refractivity contribution in [2.45, 2.75) is 74.2 Å². The Morgan fingerprint density at radius 1 is 1.33 bits per heavy atom. The summed E-state index contributed by atoms with van der Waals surface area (Å²) in [6, 6.07) is 10.1. The number of rotatable bonds is 5. The van der Waals surface area contributed by atoms with Crippen molar-refractivity contribution in [2.75, 3.05) is 0 Å². The second kappa shape index (κ2) is 8.58. The Balaban J connectivity index is 2.19. The summed E-state index contributed by atoms with van der Waals surface area (Å²) in [6.07, 6.45) is 0.936. The molecule has 1 aliphatic heterocycles. The summed E-state index contributed by atoms with van der Waals surface area (Å²) in [7, 11) is -1.16. The Hall–Kier alpha value is -0.0200. The third kappa shape index (κ3) is 5.24. The molecular weight excluding hydrogens is 437 g/mol. The average Bonchev–Trinajstić information content (AvgIpc) is 2.54. The third-order valence-corrected chi connectivity index (χ3v) is 7.43. The second-order valence-electron chi connectivity index (χ2n) is 7.32. The molecule has 1 N–H and O–H groups in total. The van der Waals surface area contributed by atoms with Gasteiger partial charge in [-0.15, -0.1) is 0 Å². The molecular formula is C18H28INO3S. The maximum absolute atomic E-state index is 13.1. The lowest BCUT2D eigenvalue weighted by Crippen LogP contribution is -2.51. The molecule has 1 fully saturated rings. The zero-order chi connectivity index (χ0) is 17.9. The first-order chi connectivity index (χ1) is 11.2. The van der Waals surface area contributed by atoms with Gasteiger partial charge in [-0.2, -0.15) is 0 Å². The van der Waals surface area contributed by atoms with Gasteiger partial charge < -0.3 is 9.84 Å². The smallest absolute Gasteiger partial charge is 0.166 e. The zero-order valence-corrected chi connectivity index (χ0v) is 17.8. The summed E-state index contributed by atoms with van der Waals surface area (Å²) in [5, 5.41) is 10.0. The minimum Gasteiger partial charge on any atom is -0.367 e. The van der Waals surface area contributed by atoms with Gasteiger partial charge in [0.2, 0.25) is 0 Å². The van der Waals surface area contributed by atoms with Gasteiger partial charge in [-0.05, 0) is 46.1 Å². The second-order valence-corrected chi connectivity index (χ2v) is 11.1.